The van der Waals surface area contributed by atoms with Crippen LogP contribution in [0.3, 0.4) is 0 Å². The third kappa shape index (κ3) is 2.16. The third-order valence-corrected chi connectivity index (χ3v) is 5.28. The predicted octanol–water partition coefficient (Wildman–Crippen LogP) is 4.33. The van der Waals surface area contributed by atoms with E-state index in [-0.39, 0.29) is 0 Å². The van der Waals surface area contributed by atoms with Gasteiger partial charge in [-0.2, -0.15) is 0 Å². The van der Waals surface area contributed by atoms with Crippen LogP contribution in [0.4, 0.5) is 0 Å². The van der Waals surface area contributed by atoms with E-state index in [9.17, 15) is 0 Å². The molecule has 0 aliphatic heterocycles. The van der Waals surface area contributed by atoms with Gasteiger partial charge in [0.1, 0.15) is 0 Å². The molecule has 2 N–H and O–H groups in total. The Morgan fingerprint density at radius 3 is 2.85 bits per heavy atom. The van der Waals surface area contributed by atoms with Crippen molar-refractivity contribution in [2.24, 2.45) is 5.92 Å². The Hall–Kier alpha value is -1.28. The summed E-state index contributed by atoms with van der Waals surface area (Å²) in [5.74, 6) is 1.01. The molecule has 0 bridgehead atoms. The molecule has 2 aliphatic carbocycles. The summed E-state index contributed by atoms with van der Waals surface area (Å²) >= 11 is 0. The zero-order valence-corrected chi connectivity index (χ0v) is 12.1. The smallest absolute Gasteiger partial charge is 0.0476 e. The van der Waals surface area contributed by atoms with E-state index in [0.717, 1.165) is 5.92 Å². The van der Waals surface area contributed by atoms with E-state index in [1.165, 1.54) is 68.1 Å². The average Bonchev–Trinajstić information content (AvgIpc) is 2.81. The fourth-order valence-electron chi connectivity index (χ4n) is 3.86. The maximum atomic E-state index is 3.81. The van der Waals surface area contributed by atoms with Crippen molar-refractivity contribution in [2.75, 3.05) is 6.54 Å². The highest BCUT2D eigenvalue weighted by Gasteiger charge is 2.24. The molecular formula is C18H24N2. The van der Waals surface area contributed by atoms with Crippen LogP contribution in [0, 0.1) is 5.92 Å². The van der Waals surface area contributed by atoms with Crippen LogP contribution in [0.2, 0.25) is 0 Å². The minimum atomic E-state index is 0.547. The van der Waals surface area contributed by atoms with Gasteiger partial charge in [-0.1, -0.05) is 37.5 Å². The Labute approximate surface area is 121 Å². The van der Waals surface area contributed by atoms with Gasteiger partial charge >= 0.3 is 0 Å². The van der Waals surface area contributed by atoms with Gasteiger partial charge in [0.15, 0.2) is 0 Å². The minimum absolute atomic E-state index is 0.547. The zero-order chi connectivity index (χ0) is 13.4. The molecule has 1 fully saturated rings. The minimum Gasteiger partial charge on any atom is -0.357 e. The second kappa shape index (κ2) is 5.25. The fraction of sp³-hybridized carbons (Fsp3) is 0.556. The van der Waals surface area contributed by atoms with E-state index in [4.69, 9.17) is 0 Å². The molecule has 0 amide bonds. The van der Waals surface area contributed by atoms with Crippen LogP contribution in [0.5, 0.6) is 0 Å². The number of aryl methyl sites for hydroxylation is 1. The molecule has 20 heavy (non-hydrogen) atoms. The normalized spacial score (nSPS) is 22.7. The molecule has 1 aromatic heterocycles. The highest BCUT2D eigenvalue weighted by atomic mass is 14.9. The van der Waals surface area contributed by atoms with E-state index < -0.39 is 0 Å². The number of aromatic nitrogens is 1. The van der Waals surface area contributed by atoms with E-state index in [0.29, 0.717) is 6.04 Å². The van der Waals surface area contributed by atoms with Crippen LogP contribution in [0.25, 0.3) is 10.9 Å². The van der Waals surface area contributed by atoms with Crippen LogP contribution >= 0.6 is 0 Å². The van der Waals surface area contributed by atoms with E-state index >= 15 is 0 Å². The Morgan fingerprint density at radius 1 is 1.10 bits per heavy atom. The number of nitrogens with one attached hydrogen (secondary N) is 2. The molecule has 1 aromatic carbocycles. The maximum absolute atomic E-state index is 3.81. The summed E-state index contributed by atoms with van der Waals surface area (Å²) in [5, 5.41) is 5.24. The first-order chi connectivity index (χ1) is 9.92. The molecule has 1 atom stereocenters. The van der Waals surface area contributed by atoms with Gasteiger partial charge in [0.2, 0.25) is 0 Å². The van der Waals surface area contributed by atoms with Crippen molar-refractivity contribution in [2.45, 2.75) is 51.0 Å². The average molecular weight is 268 g/mol. The van der Waals surface area contributed by atoms with Gasteiger partial charge in [0.05, 0.1) is 0 Å². The number of fused-ring (bicyclic) bond motifs is 3. The van der Waals surface area contributed by atoms with Gasteiger partial charge in [-0.05, 0) is 49.8 Å². The van der Waals surface area contributed by atoms with Crippen molar-refractivity contribution in [1.82, 2.24) is 10.3 Å². The molecule has 2 aromatic rings. The first-order valence-corrected chi connectivity index (χ1v) is 8.24. The first-order valence-electron chi connectivity index (χ1n) is 8.24. The van der Waals surface area contributed by atoms with Gasteiger partial charge < -0.3 is 10.3 Å². The van der Waals surface area contributed by atoms with Crippen LogP contribution in [-0.2, 0) is 6.42 Å². The first kappa shape index (κ1) is 12.5. The fourth-order valence-corrected chi connectivity index (χ4v) is 3.86. The number of hydrogen-bond donors (Lipinski definition) is 2. The van der Waals surface area contributed by atoms with Crippen molar-refractivity contribution in [3.8, 4) is 0 Å². The molecule has 1 heterocycles. The summed E-state index contributed by atoms with van der Waals surface area (Å²) in [6.07, 6.45) is 9.58. The number of rotatable bonds is 4. The Balaban J connectivity index is 1.51. The summed E-state index contributed by atoms with van der Waals surface area (Å²) in [6, 6.07) is 9.31. The highest BCUT2D eigenvalue weighted by molar-refractivity contribution is 5.85. The Morgan fingerprint density at radius 2 is 2.00 bits per heavy atom. The van der Waals surface area contributed by atoms with Gasteiger partial charge in [-0.25, -0.2) is 0 Å². The van der Waals surface area contributed by atoms with E-state index in [1.807, 2.05) is 0 Å². The number of hydrogen-bond acceptors (Lipinski definition) is 1. The van der Waals surface area contributed by atoms with Gasteiger partial charge in [0, 0.05) is 22.6 Å². The second-order valence-electron chi connectivity index (χ2n) is 6.55. The summed E-state index contributed by atoms with van der Waals surface area (Å²) < 4.78 is 0. The maximum Gasteiger partial charge on any atom is 0.0476 e. The third-order valence-electron chi connectivity index (χ3n) is 5.28. The quantitative estimate of drug-likeness (QED) is 0.849. The van der Waals surface area contributed by atoms with Crippen LogP contribution in [-0.4, -0.2) is 11.5 Å². The molecule has 1 saturated carbocycles. The monoisotopic (exact) mass is 268 g/mol. The Bertz CT molecular complexity index is 594. The largest absolute Gasteiger partial charge is 0.357 e. The number of aromatic amines is 1. The molecule has 2 nitrogen and oxygen atoms in total. The number of para-hydroxylation sites is 1. The molecule has 4 rings (SSSR count). The lowest BCUT2D eigenvalue weighted by Gasteiger charge is -2.28. The van der Waals surface area contributed by atoms with Crippen LogP contribution in [0.1, 0.15) is 55.8 Å². The molecule has 0 radical (unpaired) electrons. The zero-order valence-electron chi connectivity index (χ0n) is 12.1. The van der Waals surface area contributed by atoms with Crippen LogP contribution in [0.15, 0.2) is 24.3 Å². The Kier molecular flexibility index (Phi) is 3.27. The number of H-pyrrole nitrogens is 1. The summed E-state index contributed by atoms with van der Waals surface area (Å²) in [5.41, 5.74) is 4.34. The molecule has 2 aliphatic rings. The van der Waals surface area contributed by atoms with Crippen LogP contribution < -0.4 is 5.32 Å². The number of benzene rings is 1. The summed E-state index contributed by atoms with van der Waals surface area (Å²) in [7, 11) is 0. The molecule has 0 saturated heterocycles. The second-order valence-corrected chi connectivity index (χ2v) is 6.55. The van der Waals surface area contributed by atoms with E-state index in [2.05, 4.69) is 34.6 Å². The van der Waals surface area contributed by atoms with Gasteiger partial charge in [0.25, 0.3) is 0 Å². The van der Waals surface area contributed by atoms with Crippen molar-refractivity contribution in [3.63, 3.8) is 0 Å². The SMILES string of the molecule is c1ccc2c3c([nH]c2c1)C(NCCC1CCC1)CCC3. The molecule has 2 heteroatoms. The van der Waals surface area contributed by atoms with Crippen molar-refractivity contribution in [1.29, 1.82) is 0 Å². The highest BCUT2D eigenvalue weighted by Crippen LogP contribution is 2.35. The van der Waals surface area contributed by atoms with Gasteiger partial charge in [-0.3, -0.25) is 0 Å². The molecule has 0 spiro atoms. The lowest BCUT2D eigenvalue weighted by molar-refractivity contribution is 0.284. The molecule has 106 valence electrons. The van der Waals surface area contributed by atoms with Gasteiger partial charge in [-0.15, -0.1) is 0 Å². The lowest BCUT2D eigenvalue weighted by Crippen LogP contribution is -2.28. The summed E-state index contributed by atoms with van der Waals surface area (Å²) in [6.45, 7) is 1.18. The summed E-state index contributed by atoms with van der Waals surface area (Å²) in [4.78, 5) is 3.67. The predicted molar refractivity (Wildman–Crippen MR) is 83.9 cm³/mol. The molecular weight excluding hydrogens is 244 g/mol. The van der Waals surface area contributed by atoms with Crippen molar-refractivity contribution in [3.05, 3.63) is 35.5 Å². The van der Waals surface area contributed by atoms with Crippen molar-refractivity contribution < 1.29 is 0 Å². The lowest BCUT2D eigenvalue weighted by atomic mass is 9.83. The molecule has 1 unspecified atom stereocenters. The standard InChI is InChI=1S/C18H24N2/c1-2-9-16-14(7-1)15-8-4-10-17(18(15)20-16)19-12-11-13-5-3-6-13/h1-2,7,9,13,17,19-20H,3-6,8,10-12H2. The van der Waals surface area contributed by atoms with E-state index in [1.54, 1.807) is 5.56 Å². The topological polar surface area (TPSA) is 27.8 Å². The van der Waals surface area contributed by atoms with Crippen molar-refractivity contribution >= 4 is 10.9 Å².